The lowest BCUT2D eigenvalue weighted by molar-refractivity contribution is 0.556. The van der Waals surface area contributed by atoms with Crippen molar-refractivity contribution in [3.05, 3.63) is 24.0 Å². The van der Waals surface area contributed by atoms with Gasteiger partial charge in [-0.25, -0.2) is 0 Å². The molecule has 0 bridgehead atoms. The first kappa shape index (κ1) is 11.3. The zero-order valence-corrected chi connectivity index (χ0v) is 10.3. The fourth-order valence-corrected chi connectivity index (χ4v) is 2.34. The molecule has 3 nitrogen and oxygen atoms in total. The van der Waals surface area contributed by atoms with Gasteiger partial charge in [0.2, 0.25) is 0 Å². The number of nitrogens with one attached hydrogen (secondary N) is 1. The highest BCUT2D eigenvalue weighted by molar-refractivity contribution is 7.80. The van der Waals surface area contributed by atoms with Crippen LogP contribution in [0.25, 0.3) is 0 Å². The second kappa shape index (κ2) is 4.78. The molecule has 1 heterocycles. The minimum atomic E-state index is 0.350. The number of nitrogens with zero attached hydrogens (tertiary/aromatic N) is 1. The Morgan fingerprint density at radius 1 is 1.56 bits per heavy atom. The molecule has 1 saturated carbocycles. The number of nitrogens with two attached hydrogens (primary N) is 1. The van der Waals surface area contributed by atoms with Gasteiger partial charge in [-0.2, -0.15) is 0 Å². The molecule has 4 heteroatoms. The van der Waals surface area contributed by atoms with Crippen LogP contribution in [0, 0.1) is 5.92 Å². The van der Waals surface area contributed by atoms with Crippen LogP contribution in [0.3, 0.4) is 0 Å². The summed E-state index contributed by atoms with van der Waals surface area (Å²) in [6, 6.07) is 4.46. The number of thiocarbonyl (C=S) groups is 1. The molecule has 0 saturated heterocycles. The predicted octanol–water partition coefficient (Wildman–Crippen LogP) is 2.32. The Bertz CT molecular complexity index is 392. The molecule has 1 aromatic rings. The SMILES string of the molecule is CC1CCCC1Nc1ccnc(C(N)=S)c1. The molecule has 1 fully saturated rings. The molecular formula is C12H17N3S. The first-order chi connectivity index (χ1) is 7.66. The Balaban J connectivity index is 2.09. The zero-order valence-electron chi connectivity index (χ0n) is 9.44. The smallest absolute Gasteiger partial charge is 0.122 e. The summed E-state index contributed by atoms with van der Waals surface area (Å²) in [7, 11) is 0. The maximum atomic E-state index is 5.56. The summed E-state index contributed by atoms with van der Waals surface area (Å²) < 4.78 is 0. The number of aromatic nitrogens is 1. The first-order valence-electron chi connectivity index (χ1n) is 5.69. The van der Waals surface area contributed by atoms with E-state index in [2.05, 4.69) is 17.2 Å². The average Bonchev–Trinajstić information content (AvgIpc) is 2.65. The van der Waals surface area contributed by atoms with Gasteiger partial charge in [0.1, 0.15) is 4.99 Å². The van der Waals surface area contributed by atoms with Crippen molar-refractivity contribution >= 4 is 22.9 Å². The van der Waals surface area contributed by atoms with Crippen LogP contribution in [0.15, 0.2) is 18.3 Å². The van der Waals surface area contributed by atoms with Crippen molar-refractivity contribution < 1.29 is 0 Å². The quantitative estimate of drug-likeness (QED) is 0.789. The number of anilines is 1. The minimum absolute atomic E-state index is 0.350. The highest BCUT2D eigenvalue weighted by Crippen LogP contribution is 2.27. The van der Waals surface area contributed by atoms with Crippen molar-refractivity contribution in [3.8, 4) is 0 Å². The zero-order chi connectivity index (χ0) is 11.5. The minimum Gasteiger partial charge on any atom is -0.388 e. The molecule has 2 atom stereocenters. The summed E-state index contributed by atoms with van der Waals surface area (Å²) in [6.45, 7) is 2.29. The molecule has 1 aliphatic carbocycles. The van der Waals surface area contributed by atoms with E-state index < -0.39 is 0 Å². The van der Waals surface area contributed by atoms with E-state index in [9.17, 15) is 0 Å². The van der Waals surface area contributed by atoms with Crippen LogP contribution in [-0.2, 0) is 0 Å². The van der Waals surface area contributed by atoms with E-state index in [4.69, 9.17) is 18.0 Å². The van der Waals surface area contributed by atoms with E-state index in [1.54, 1.807) is 6.20 Å². The highest BCUT2D eigenvalue weighted by atomic mass is 32.1. The van der Waals surface area contributed by atoms with Crippen molar-refractivity contribution in [2.24, 2.45) is 11.7 Å². The summed E-state index contributed by atoms with van der Waals surface area (Å²) in [4.78, 5) is 4.48. The van der Waals surface area contributed by atoms with Crippen molar-refractivity contribution in [1.82, 2.24) is 4.98 Å². The Labute approximate surface area is 101 Å². The summed E-state index contributed by atoms with van der Waals surface area (Å²) >= 11 is 4.92. The molecule has 86 valence electrons. The van der Waals surface area contributed by atoms with Gasteiger partial charge in [0.15, 0.2) is 0 Å². The standard InChI is InChI=1S/C12H17N3S/c1-8-3-2-4-10(8)15-9-5-6-14-11(7-9)12(13)16/h5-8,10H,2-4H2,1H3,(H2,13,16)(H,14,15). The third kappa shape index (κ3) is 2.50. The van der Waals surface area contributed by atoms with E-state index in [0.29, 0.717) is 16.7 Å². The second-order valence-corrected chi connectivity index (χ2v) is 4.89. The van der Waals surface area contributed by atoms with Gasteiger partial charge in [-0.1, -0.05) is 25.6 Å². The van der Waals surface area contributed by atoms with Gasteiger partial charge >= 0.3 is 0 Å². The fourth-order valence-electron chi connectivity index (χ4n) is 2.23. The normalized spacial score (nSPS) is 24.3. The van der Waals surface area contributed by atoms with Crippen molar-refractivity contribution in [2.75, 3.05) is 5.32 Å². The molecule has 2 unspecified atom stereocenters. The van der Waals surface area contributed by atoms with Crippen LogP contribution >= 0.6 is 12.2 Å². The predicted molar refractivity (Wildman–Crippen MR) is 70.6 cm³/mol. The number of rotatable bonds is 3. The molecular weight excluding hydrogens is 218 g/mol. The lowest BCUT2D eigenvalue weighted by Crippen LogP contribution is -2.22. The molecule has 0 radical (unpaired) electrons. The Morgan fingerprint density at radius 3 is 3.00 bits per heavy atom. The van der Waals surface area contributed by atoms with Crippen LogP contribution in [-0.4, -0.2) is 16.0 Å². The van der Waals surface area contributed by atoms with Crippen LogP contribution in [0.5, 0.6) is 0 Å². The molecule has 1 aliphatic rings. The molecule has 0 spiro atoms. The summed E-state index contributed by atoms with van der Waals surface area (Å²) in [5.74, 6) is 0.737. The third-order valence-corrected chi connectivity index (χ3v) is 3.44. The maximum Gasteiger partial charge on any atom is 0.122 e. The number of hydrogen-bond donors (Lipinski definition) is 2. The van der Waals surface area contributed by atoms with Gasteiger partial charge in [0.05, 0.1) is 5.69 Å². The van der Waals surface area contributed by atoms with Gasteiger partial charge in [-0.3, -0.25) is 4.98 Å². The van der Waals surface area contributed by atoms with Crippen molar-refractivity contribution in [2.45, 2.75) is 32.2 Å². The van der Waals surface area contributed by atoms with Gasteiger partial charge in [0.25, 0.3) is 0 Å². The molecule has 0 amide bonds. The van der Waals surface area contributed by atoms with Gasteiger partial charge < -0.3 is 11.1 Å². The first-order valence-corrected chi connectivity index (χ1v) is 6.10. The van der Waals surface area contributed by atoms with Gasteiger partial charge in [-0.05, 0) is 30.9 Å². The van der Waals surface area contributed by atoms with Gasteiger partial charge in [-0.15, -0.1) is 0 Å². The molecule has 2 rings (SSSR count). The lowest BCUT2D eigenvalue weighted by atomic mass is 10.1. The average molecular weight is 235 g/mol. The summed E-state index contributed by atoms with van der Waals surface area (Å²) in [6.07, 6.45) is 5.61. The number of hydrogen-bond acceptors (Lipinski definition) is 3. The number of pyridine rings is 1. The van der Waals surface area contributed by atoms with Crippen LogP contribution in [0.1, 0.15) is 31.9 Å². The monoisotopic (exact) mass is 235 g/mol. The van der Waals surface area contributed by atoms with Crippen molar-refractivity contribution in [1.29, 1.82) is 0 Å². The molecule has 1 aromatic heterocycles. The van der Waals surface area contributed by atoms with Crippen LogP contribution in [0.4, 0.5) is 5.69 Å². The second-order valence-electron chi connectivity index (χ2n) is 4.45. The molecule has 3 N–H and O–H groups in total. The van der Waals surface area contributed by atoms with Crippen LogP contribution < -0.4 is 11.1 Å². The fraction of sp³-hybridized carbons (Fsp3) is 0.500. The van der Waals surface area contributed by atoms with Crippen LogP contribution in [0.2, 0.25) is 0 Å². The highest BCUT2D eigenvalue weighted by Gasteiger charge is 2.22. The molecule has 0 aliphatic heterocycles. The van der Waals surface area contributed by atoms with E-state index in [0.717, 1.165) is 11.6 Å². The van der Waals surface area contributed by atoms with E-state index in [1.807, 2.05) is 12.1 Å². The van der Waals surface area contributed by atoms with E-state index in [-0.39, 0.29) is 0 Å². The summed E-state index contributed by atoms with van der Waals surface area (Å²) in [5.41, 5.74) is 7.31. The Morgan fingerprint density at radius 2 is 2.38 bits per heavy atom. The Kier molecular flexibility index (Phi) is 3.39. The largest absolute Gasteiger partial charge is 0.388 e. The van der Waals surface area contributed by atoms with Gasteiger partial charge in [0, 0.05) is 17.9 Å². The Hall–Kier alpha value is -1.16. The van der Waals surface area contributed by atoms with E-state index >= 15 is 0 Å². The summed E-state index contributed by atoms with van der Waals surface area (Å²) in [5, 5.41) is 3.53. The van der Waals surface area contributed by atoms with Crippen molar-refractivity contribution in [3.63, 3.8) is 0 Å². The third-order valence-electron chi connectivity index (χ3n) is 3.23. The lowest BCUT2D eigenvalue weighted by Gasteiger charge is -2.18. The topological polar surface area (TPSA) is 50.9 Å². The molecule has 0 aromatic carbocycles. The van der Waals surface area contributed by atoms with E-state index in [1.165, 1.54) is 19.3 Å². The maximum absolute atomic E-state index is 5.56. The molecule has 16 heavy (non-hydrogen) atoms.